The van der Waals surface area contributed by atoms with Gasteiger partial charge in [-0.3, -0.25) is 14.3 Å². The van der Waals surface area contributed by atoms with Gasteiger partial charge in [-0.1, -0.05) is 30.3 Å². The summed E-state index contributed by atoms with van der Waals surface area (Å²) in [5, 5.41) is 10.9. The smallest absolute Gasteiger partial charge is 0.284 e. The number of piperidine rings is 1. The van der Waals surface area contributed by atoms with Gasteiger partial charge in [-0.15, -0.1) is 0 Å². The quantitative estimate of drug-likeness (QED) is 0.306. The molecule has 7 rings (SSSR count). The number of amides is 1. The molecule has 0 spiro atoms. The number of rotatable bonds is 5. The number of anilines is 2. The van der Waals surface area contributed by atoms with Crippen LogP contribution in [0.5, 0.6) is 0 Å². The molecule has 1 fully saturated rings. The first-order valence-electron chi connectivity index (χ1n) is 13.8. The Morgan fingerprint density at radius 2 is 1.85 bits per heavy atom. The number of nitrogens with two attached hydrogens (primary N) is 1. The summed E-state index contributed by atoms with van der Waals surface area (Å²) >= 11 is 0. The number of ether oxygens (including phenoxy) is 1. The highest BCUT2D eigenvalue weighted by atomic mass is 16.5. The highest BCUT2D eigenvalue weighted by molar-refractivity contribution is 6.05. The van der Waals surface area contributed by atoms with Gasteiger partial charge < -0.3 is 21.1 Å². The fourth-order valence-corrected chi connectivity index (χ4v) is 5.99. The number of nitrogens with zero attached hydrogens (tertiary/aromatic N) is 5. The molecule has 41 heavy (non-hydrogen) atoms. The number of nitrogens with one attached hydrogen (secondary N) is 2. The van der Waals surface area contributed by atoms with Crippen molar-refractivity contribution in [1.29, 1.82) is 0 Å². The fourth-order valence-electron chi connectivity index (χ4n) is 5.99. The van der Waals surface area contributed by atoms with Gasteiger partial charge in [0.2, 0.25) is 0 Å². The minimum absolute atomic E-state index is 0.0904. The number of hydrogen-bond donors (Lipinski definition) is 3. The molecule has 1 amide bonds. The molecule has 3 aromatic heterocycles. The third-order valence-electron chi connectivity index (χ3n) is 7.98. The van der Waals surface area contributed by atoms with Crippen LogP contribution < -0.4 is 21.9 Å². The molecule has 2 aliphatic rings. The maximum Gasteiger partial charge on any atom is 0.284 e. The van der Waals surface area contributed by atoms with Gasteiger partial charge >= 0.3 is 0 Å². The van der Waals surface area contributed by atoms with Crippen LogP contribution in [0.3, 0.4) is 0 Å². The SMILES string of the molecule is Nc1ncnn2c(C3CCNCC3)cc(-c3ccc(NC(=O)c4c5n(n(-c6ccccc6)c4=O)CCOC5)cc3)c12. The van der Waals surface area contributed by atoms with Crippen molar-refractivity contribution in [1.82, 2.24) is 29.3 Å². The van der Waals surface area contributed by atoms with E-state index < -0.39 is 5.91 Å². The lowest BCUT2D eigenvalue weighted by atomic mass is 9.94. The van der Waals surface area contributed by atoms with Crippen LogP contribution in [0.15, 0.2) is 71.8 Å². The molecule has 11 nitrogen and oxygen atoms in total. The van der Waals surface area contributed by atoms with Crippen molar-refractivity contribution in [3.8, 4) is 16.8 Å². The van der Waals surface area contributed by atoms with Crippen molar-refractivity contribution in [3.63, 3.8) is 0 Å². The van der Waals surface area contributed by atoms with E-state index in [1.807, 2.05) is 63.8 Å². The van der Waals surface area contributed by atoms with Gasteiger partial charge in [0, 0.05) is 22.9 Å². The molecule has 208 valence electrons. The van der Waals surface area contributed by atoms with Crippen molar-refractivity contribution in [2.24, 2.45) is 0 Å². The first-order chi connectivity index (χ1) is 20.1. The summed E-state index contributed by atoms with van der Waals surface area (Å²) in [4.78, 5) is 31.2. The molecular formula is C30H30N8O3. The maximum atomic E-state index is 13.5. The molecule has 2 aliphatic heterocycles. The Morgan fingerprint density at radius 1 is 1.07 bits per heavy atom. The number of hydrogen-bond acceptors (Lipinski definition) is 7. The minimum atomic E-state index is -0.466. The molecule has 2 aromatic carbocycles. The van der Waals surface area contributed by atoms with E-state index in [-0.39, 0.29) is 17.7 Å². The van der Waals surface area contributed by atoms with Gasteiger partial charge in [0.05, 0.1) is 31.1 Å². The van der Waals surface area contributed by atoms with E-state index >= 15 is 0 Å². The molecule has 0 bridgehead atoms. The number of para-hydroxylation sites is 1. The van der Waals surface area contributed by atoms with Crippen molar-refractivity contribution < 1.29 is 9.53 Å². The van der Waals surface area contributed by atoms with E-state index in [4.69, 9.17) is 10.5 Å². The van der Waals surface area contributed by atoms with Crippen LogP contribution in [0, 0.1) is 0 Å². The first-order valence-corrected chi connectivity index (χ1v) is 13.8. The summed E-state index contributed by atoms with van der Waals surface area (Å²) < 4.78 is 10.9. The largest absolute Gasteiger partial charge is 0.382 e. The van der Waals surface area contributed by atoms with Crippen molar-refractivity contribution in [2.45, 2.75) is 31.9 Å². The van der Waals surface area contributed by atoms with E-state index in [9.17, 15) is 9.59 Å². The minimum Gasteiger partial charge on any atom is -0.382 e. The standard InChI is InChI=1S/C30H30N8O3/c31-28-27-23(16-24(37(27)34-18-33-28)20-10-12-32-13-11-20)19-6-8-21(9-7-19)35-29(39)26-25-17-41-15-14-36(25)38(30(26)40)22-4-2-1-3-5-22/h1-9,16,18,20,32H,10-15,17H2,(H,35,39)(H2,31,33,34). The molecule has 11 heteroatoms. The Bertz CT molecular complexity index is 1800. The van der Waals surface area contributed by atoms with Crippen LogP contribution in [0.4, 0.5) is 11.5 Å². The van der Waals surface area contributed by atoms with Gasteiger partial charge in [0.25, 0.3) is 11.5 Å². The second kappa shape index (κ2) is 10.3. The second-order valence-corrected chi connectivity index (χ2v) is 10.4. The fraction of sp³-hybridized carbons (Fsp3) is 0.267. The predicted octanol–water partition coefficient (Wildman–Crippen LogP) is 3.18. The predicted molar refractivity (Wildman–Crippen MR) is 155 cm³/mol. The summed E-state index contributed by atoms with van der Waals surface area (Å²) in [6, 6.07) is 19.0. The number of carbonyl (C=O) groups is 1. The van der Waals surface area contributed by atoms with Crippen LogP contribution >= 0.6 is 0 Å². The van der Waals surface area contributed by atoms with E-state index in [2.05, 4.69) is 26.8 Å². The molecule has 5 aromatic rings. The van der Waals surface area contributed by atoms with E-state index in [1.54, 1.807) is 4.68 Å². The molecule has 1 saturated heterocycles. The average molecular weight is 551 g/mol. The first kappa shape index (κ1) is 25.2. The molecule has 5 heterocycles. The highest BCUT2D eigenvalue weighted by Gasteiger charge is 2.28. The number of fused-ring (bicyclic) bond motifs is 2. The van der Waals surface area contributed by atoms with Crippen LogP contribution in [-0.2, 0) is 17.9 Å². The van der Waals surface area contributed by atoms with E-state index in [1.165, 1.54) is 6.33 Å². The summed E-state index contributed by atoms with van der Waals surface area (Å²) in [6.45, 7) is 3.09. The zero-order valence-corrected chi connectivity index (χ0v) is 22.4. The topological polar surface area (TPSA) is 134 Å². The van der Waals surface area contributed by atoms with Crippen LogP contribution in [0.1, 0.15) is 40.5 Å². The normalized spacial score (nSPS) is 15.6. The van der Waals surface area contributed by atoms with Gasteiger partial charge in [-0.2, -0.15) is 5.10 Å². The number of aromatic nitrogens is 5. The van der Waals surface area contributed by atoms with Crippen molar-refractivity contribution >= 4 is 22.9 Å². The van der Waals surface area contributed by atoms with Gasteiger partial charge in [0.15, 0.2) is 5.82 Å². The third-order valence-corrected chi connectivity index (χ3v) is 7.98. The second-order valence-electron chi connectivity index (χ2n) is 10.4. The highest BCUT2D eigenvalue weighted by Crippen LogP contribution is 2.36. The number of benzene rings is 2. The monoisotopic (exact) mass is 550 g/mol. The molecule has 0 aliphatic carbocycles. The van der Waals surface area contributed by atoms with Crippen LogP contribution in [0.2, 0.25) is 0 Å². The maximum absolute atomic E-state index is 13.5. The zero-order chi connectivity index (χ0) is 27.9. The van der Waals surface area contributed by atoms with Crippen molar-refractivity contribution in [3.05, 3.63) is 94.3 Å². The Morgan fingerprint density at radius 3 is 2.63 bits per heavy atom. The molecule has 0 unspecified atom stereocenters. The molecule has 0 saturated carbocycles. The Kier molecular flexibility index (Phi) is 6.37. The number of carbonyl (C=O) groups excluding carboxylic acids is 1. The van der Waals surface area contributed by atoms with E-state index in [0.717, 1.165) is 48.3 Å². The third kappa shape index (κ3) is 4.39. The summed E-state index contributed by atoms with van der Waals surface area (Å²) in [5.41, 5.74) is 11.7. The van der Waals surface area contributed by atoms with Crippen molar-refractivity contribution in [2.75, 3.05) is 30.7 Å². The average Bonchev–Trinajstić information content (AvgIpc) is 3.54. The summed E-state index contributed by atoms with van der Waals surface area (Å²) in [7, 11) is 0. The van der Waals surface area contributed by atoms with E-state index in [0.29, 0.717) is 42.0 Å². The Balaban J connectivity index is 1.20. The Labute approximate surface area is 235 Å². The van der Waals surface area contributed by atoms with Gasteiger partial charge in [0.1, 0.15) is 17.4 Å². The van der Waals surface area contributed by atoms with Crippen LogP contribution in [0.25, 0.3) is 22.3 Å². The van der Waals surface area contributed by atoms with Gasteiger partial charge in [-0.05, 0) is 61.8 Å². The lowest BCUT2D eigenvalue weighted by molar-refractivity contribution is 0.0756. The van der Waals surface area contributed by atoms with Gasteiger partial charge in [-0.25, -0.2) is 14.2 Å². The molecule has 0 radical (unpaired) electrons. The molecular weight excluding hydrogens is 520 g/mol. The summed E-state index contributed by atoms with van der Waals surface area (Å²) in [5.74, 6) is 0.331. The molecule has 0 atom stereocenters. The lowest BCUT2D eigenvalue weighted by Gasteiger charge is -2.22. The lowest BCUT2D eigenvalue weighted by Crippen LogP contribution is -2.27. The Hall–Kier alpha value is -4.74. The van der Waals surface area contributed by atoms with Crippen LogP contribution in [-0.4, -0.2) is 49.6 Å². The molecule has 4 N–H and O–H groups in total. The number of nitrogen functional groups attached to an aromatic ring is 1. The summed E-state index contributed by atoms with van der Waals surface area (Å²) in [6.07, 6.45) is 3.55. The zero-order valence-electron chi connectivity index (χ0n) is 22.4.